The summed E-state index contributed by atoms with van der Waals surface area (Å²) in [5.41, 5.74) is 3.09. The number of nitrogens with zero attached hydrogens (tertiary/aromatic N) is 4. The summed E-state index contributed by atoms with van der Waals surface area (Å²) in [6.45, 7) is 1.29. The van der Waals surface area contributed by atoms with Gasteiger partial charge in [0.15, 0.2) is 10.2 Å². The molecule has 0 bridgehead atoms. The van der Waals surface area contributed by atoms with Crippen LogP contribution in [0.5, 0.6) is 0 Å². The van der Waals surface area contributed by atoms with Crippen molar-refractivity contribution in [3.05, 3.63) is 78.4 Å². The highest BCUT2D eigenvalue weighted by molar-refractivity contribution is 7.80. The fourth-order valence-electron chi connectivity index (χ4n) is 3.93. The Bertz CT molecular complexity index is 1140. The van der Waals surface area contributed by atoms with Crippen molar-refractivity contribution in [3.63, 3.8) is 0 Å². The lowest BCUT2D eigenvalue weighted by Crippen LogP contribution is -2.33. The highest BCUT2D eigenvalue weighted by Crippen LogP contribution is 2.40. The van der Waals surface area contributed by atoms with Gasteiger partial charge in [-0.2, -0.15) is 0 Å². The second-order valence-electron chi connectivity index (χ2n) is 7.08. The largest absolute Gasteiger partial charge is 0.383 e. The zero-order valence-electron chi connectivity index (χ0n) is 16.4. The van der Waals surface area contributed by atoms with Gasteiger partial charge in [-0.1, -0.05) is 29.5 Å². The lowest BCUT2D eigenvalue weighted by Gasteiger charge is -2.28. The Hall–Kier alpha value is -2.81. The molecule has 3 aromatic heterocycles. The van der Waals surface area contributed by atoms with Gasteiger partial charge in [-0.05, 0) is 48.6 Å². The third-order valence-electron chi connectivity index (χ3n) is 5.31. The molecule has 1 N–H and O–H groups in total. The molecule has 5 rings (SSSR count). The van der Waals surface area contributed by atoms with Crippen LogP contribution in [0.25, 0.3) is 15.3 Å². The zero-order chi connectivity index (χ0) is 20.5. The number of nitrogens with one attached hydrogen (secondary N) is 1. The minimum atomic E-state index is -0.0569. The number of para-hydroxylation sites is 1. The molecule has 8 heteroatoms. The highest BCUT2D eigenvalue weighted by atomic mass is 32.1. The van der Waals surface area contributed by atoms with E-state index in [1.54, 1.807) is 18.4 Å². The SMILES string of the molecule is COCCN1C(=S)N[C@H](c2ccccn2)[C@@H]1c1cccn1-c1nc2ccccc2s1. The maximum Gasteiger partial charge on any atom is 0.194 e. The molecule has 2 atom stereocenters. The van der Waals surface area contributed by atoms with Crippen LogP contribution in [-0.2, 0) is 4.74 Å². The Morgan fingerprint density at radius 3 is 2.80 bits per heavy atom. The normalized spacial score (nSPS) is 18.8. The van der Waals surface area contributed by atoms with Crippen LogP contribution in [-0.4, -0.2) is 44.8 Å². The highest BCUT2D eigenvalue weighted by Gasteiger charge is 2.41. The van der Waals surface area contributed by atoms with Crippen molar-refractivity contribution >= 4 is 38.9 Å². The molecule has 6 nitrogen and oxygen atoms in total. The number of thiocarbonyl (C=S) groups is 1. The van der Waals surface area contributed by atoms with E-state index in [1.807, 2.05) is 42.6 Å². The van der Waals surface area contributed by atoms with Gasteiger partial charge in [0.25, 0.3) is 0 Å². The van der Waals surface area contributed by atoms with Crippen molar-refractivity contribution < 1.29 is 4.74 Å². The molecule has 152 valence electrons. The molecule has 1 fully saturated rings. The van der Waals surface area contributed by atoms with Crippen LogP contribution in [0.15, 0.2) is 67.0 Å². The predicted octanol–water partition coefficient (Wildman–Crippen LogP) is 4.10. The third-order valence-corrected chi connectivity index (χ3v) is 6.69. The fraction of sp³-hybridized carbons (Fsp3) is 0.227. The van der Waals surface area contributed by atoms with Crippen molar-refractivity contribution in [1.82, 2.24) is 24.8 Å². The first kappa shape index (κ1) is 19.2. The summed E-state index contributed by atoms with van der Waals surface area (Å²) in [6.07, 6.45) is 3.89. The van der Waals surface area contributed by atoms with E-state index in [4.69, 9.17) is 21.9 Å². The number of thiazole rings is 1. The Kier molecular flexibility index (Phi) is 5.20. The smallest absolute Gasteiger partial charge is 0.194 e. The van der Waals surface area contributed by atoms with Gasteiger partial charge in [0, 0.05) is 26.0 Å². The van der Waals surface area contributed by atoms with Gasteiger partial charge in [-0.3, -0.25) is 9.55 Å². The molecule has 0 spiro atoms. The van der Waals surface area contributed by atoms with E-state index >= 15 is 0 Å². The van der Waals surface area contributed by atoms with Crippen molar-refractivity contribution in [2.45, 2.75) is 12.1 Å². The molecule has 1 saturated heterocycles. The predicted molar refractivity (Wildman–Crippen MR) is 123 cm³/mol. The molecule has 4 heterocycles. The average Bonchev–Trinajstić information content (AvgIpc) is 3.49. The molecule has 0 saturated carbocycles. The van der Waals surface area contributed by atoms with Gasteiger partial charge >= 0.3 is 0 Å². The molecule has 1 aliphatic heterocycles. The molecule has 30 heavy (non-hydrogen) atoms. The van der Waals surface area contributed by atoms with Crippen molar-refractivity contribution in [2.75, 3.05) is 20.3 Å². The molecule has 1 aromatic carbocycles. The Morgan fingerprint density at radius 2 is 2.00 bits per heavy atom. The number of hydrogen-bond acceptors (Lipinski definition) is 5. The van der Waals surface area contributed by atoms with Gasteiger partial charge in [-0.25, -0.2) is 4.98 Å². The zero-order valence-corrected chi connectivity index (χ0v) is 18.1. The second-order valence-corrected chi connectivity index (χ2v) is 8.48. The Balaban J connectivity index is 1.60. The summed E-state index contributed by atoms with van der Waals surface area (Å²) in [4.78, 5) is 11.7. The summed E-state index contributed by atoms with van der Waals surface area (Å²) >= 11 is 7.39. The first-order valence-electron chi connectivity index (χ1n) is 9.76. The number of methoxy groups -OCH3 is 1. The van der Waals surface area contributed by atoms with Gasteiger partial charge in [0.2, 0.25) is 0 Å². The fourth-order valence-corrected chi connectivity index (χ4v) is 5.23. The molecular weight excluding hydrogens is 414 g/mol. The quantitative estimate of drug-likeness (QED) is 0.460. The number of pyridine rings is 1. The van der Waals surface area contributed by atoms with E-state index in [-0.39, 0.29) is 12.1 Å². The second kappa shape index (κ2) is 8.14. The van der Waals surface area contributed by atoms with Crippen LogP contribution < -0.4 is 5.32 Å². The molecule has 0 amide bonds. The summed E-state index contributed by atoms with van der Waals surface area (Å²) < 4.78 is 8.69. The minimum absolute atomic E-state index is 0.0236. The number of benzene rings is 1. The maximum atomic E-state index is 5.70. The molecule has 0 aliphatic carbocycles. The average molecular weight is 436 g/mol. The van der Waals surface area contributed by atoms with E-state index < -0.39 is 0 Å². The number of ether oxygens (including phenoxy) is 1. The van der Waals surface area contributed by atoms with Gasteiger partial charge in [0.1, 0.15) is 0 Å². The van der Waals surface area contributed by atoms with Crippen LogP contribution >= 0.6 is 23.6 Å². The van der Waals surface area contributed by atoms with Crippen LogP contribution in [0.4, 0.5) is 0 Å². The van der Waals surface area contributed by atoms with Crippen molar-refractivity contribution in [2.24, 2.45) is 0 Å². The number of hydrogen-bond donors (Lipinski definition) is 1. The van der Waals surface area contributed by atoms with E-state index in [0.717, 1.165) is 22.0 Å². The number of fused-ring (bicyclic) bond motifs is 1. The molecule has 0 radical (unpaired) electrons. The number of rotatable bonds is 6. The molecule has 4 aromatic rings. The summed E-state index contributed by atoms with van der Waals surface area (Å²) in [5, 5.41) is 5.14. The summed E-state index contributed by atoms with van der Waals surface area (Å²) in [5.74, 6) is 0. The van der Waals surface area contributed by atoms with E-state index in [9.17, 15) is 0 Å². The van der Waals surface area contributed by atoms with Crippen LogP contribution in [0.2, 0.25) is 0 Å². The standard InChI is InChI=1S/C22H21N5OS2/c1-28-14-13-27-20(19(25-21(27)29)16-8-4-5-11-23-16)17-9-6-12-26(17)22-24-15-7-2-3-10-18(15)30-22/h2-12,19-20H,13-14H2,1H3,(H,25,29)/t19-,20+/m1/s1. The maximum absolute atomic E-state index is 5.70. The van der Waals surface area contributed by atoms with Gasteiger partial charge in [0.05, 0.1) is 40.3 Å². The molecular formula is C22H21N5OS2. The van der Waals surface area contributed by atoms with Crippen molar-refractivity contribution in [3.8, 4) is 5.13 Å². The van der Waals surface area contributed by atoms with Crippen LogP contribution in [0.3, 0.4) is 0 Å². The van der Waals surface area contributed by atoms with Gasteiger partial charge < -0.3 is 15.0 Å². The summed E-state index contributed by atoms with van der Waals surface area (Å²) in [7, 11) is 1.71. The molecule has 0 unspecified atom stereocenters. The monoisotopic (exact) mass is 435 g/mol. The Morgan fingerprint density at radius 1 is 1.13 bits per heavy atom. The van der Waals surface area contributed by atoms with Crippen molar-refractivity contribution in [1.29, 1.82) is 0 Å². The summed E-state index contributed by atoms with van der Waals surface area (Å²) in [6, 6.07) is 18.3. The lowest BCUT2D eigenvalue weighted by molar-refractivity contribution is 0.163. The molecule has 1 aliphatic rings. The van der Waals surface area contributed by atoms with E-state index in [2.05, 4.69) is 44.2 Å². The topological polar surface area (TPSA) is 55.2 Å². The van der Waals surface area contributed by atoms with Gasteiger partial charge in [-0.15, -0.1) is 0 Å². The van der Waals surface area contributed by atoms with E-state index in [0.29, 0.717) is 18.3 Å². The van der Waals surface area contributed by atoms with Crippen LogP contribution in [0, 0.1) is 0 Å². The Labute approximate surface area is 184 Å². The lowest BCUT2D eigenvalue weighted by atomic mass is 10.0. The number of aromatic nitrogens is 3. The van der Waals surface area contributed by atoms with E-state index in [1.165, 1.54) is 4.70 Å². The third kappa shape index (κ3) is 3.36. The van der Waals surface area contributed by atoms with Crippen LogP contribution in [0.1, 0.15) is 23.5 Å². The first-order valence-corrected chi connectivity index (χ1v) is 11.0. The minimum Gasteiger partial charge on any atom is -0.383 e. The first-order chi connectivity index (χ1) is 14.8.